The zero-order valence-electron chi connectivity index (χ0n) is 13.7. The highest BCUT2D eigenvalue weighted by Gasteiger charge is 2.15. The number of hydrogen-bond acceptors (Lipinski definition) is 4. The Kier molecular flexibility index (Phi) is 4.84. The van der Waals surface area contributed by atoms with Gasteiger partial charge in [-0.25, -0.2) is 0 Å². The second kappa shape index (κ2) is 7.02. The van der Waals surface area contributed by atoms with Crippen molar-refractivity contribution in [1.29, 1.82) is 0 Å². The van der Waals surface area contributed by atoms with E-state index in [9.17, 15) is 5.11 Å². The predicted octanol–water partition coefficient (Wildman–Crippen LogP) is 3.11. The third-order valence-corrected chi connectivity index (χ3v) is 3.89. The minimum absolute atomic E-state index is 0.291. The standard InChI is InChI=1S/C19H23NO3/c1-14-3-5-16(6-4-14)11-20(10-15(2)21)12-17-7-8-18-19(9-17)23-13-22-18/h3-9,15,21H,10-13H2,1-2H3. The molecule has 0 fully saturated rings. The van der Waals surface area contributed by atoms with E-state index in [-0.39, 0.29) is 6.10 Å². The zero-order valence-corrected chi connectivity index (χ0v) is 13.7. The summed E-state index contributed by atoms with van der Waals surface area (Å²) < 4.78 is 10.8. The van der Waals surface area contributed by atoms with Crippen molar-refractivity contribution in [3.05, 3.63) is 59.2 Å². The molecule has 0 radical (unpaired) electrons. The maximum absolute atomic E-state index is 9.79. The molecule has 1 aliphatic rings. The van der Waals surface area contributed by atoms with E-state index in [4.69, 9.17) is 9.47 Å². The molecule has 4 heteroatoms. The van der Waals surface area contributed by atoms with E-state index in [1.54, 1.807) is 0 Å². The number of benzene rings is 2. The fourth-order valence-corrected chi connectivity index (χ4v) is 2.81. The molecule has 0 spiro atoms. The quantitative estimate of drug-likeness (QED) is 0.890. The average molecular weight is 313 g/mol. The lowest BCUT2D eigenvalue weighted by Gasteiger charge is -2.24. The van der Waals surface area contributed by atoms with Gasteiger partial charge in [-0.3, -0.25) is 4.90 Å². The van der Waals surface area contributed by atoms with Crippen LogP contribution in [0.1, 0.15) is 23.6 Å². The van der Waals surface area contributed by atoms with Crippen LogP contribution in [0.4, 0.5) is 0 Å². The molecule has 0 amide bonds. The van der Waals surface area contributed by atoms with Crippen LogP contribution in [0.3, 0.4) is 0 Å². The van der Waals surface area contributed by atoms with Crippen molar-refractivity contribution >= 4 is 0 Å². The highest BCUT2D eigenvalue weighted by Crippen LogP contribution is 2.32. The van der Waals surface area contributed by atoms with Crippen molar-refractivity contribution in [3.8, 4) is 11.5 Å². The van der Waals surface area contributed by atoms with Crippen LogP contribution in [-0.4, -0.2) is 29.4 Å². The highest BCUT2D eigenvalue weighted by atomic mass is 16.7. The molecule has 0 aliphatic carbocycles. The summed E-state index contributed by atoms with van der Waals surface area (Å²) in [5.41, 5.74) is 3.66. The smallest absolute Gasteiger partial charge is 0.231 e. The fraction of sp³-hybridized carbons (Fsp3) is 0.368. The molecule has 0 bridgehead atoms. The lowest BCUT2D eigenvalue weighted by molar-refractivity contribution is 0.118. The molecular formula is C19H23NO3. The molecule has 1 N–H and O–H groups in total. The highest BCUT2D eigenvalue weighted by molar-refractivity contribution is 5.44. The topological polar surface area (TPSA) is 41.9 Å². The van der Waals surface area contributed by atoms with Gasteiger partial charge in [0.05, 0.1) is 6.10 Å². The summed E-state index contributed by atoms with van der Waals surface area (Å²) >= 11 is 0. The van der Waals surface area contributed by atoms with Crippen molar-refractivity contribution in [2.45, 2.75) is 33.0 Å². The van der Waals surface area contributed by atoms with Gasteiger partial charge in [-0.15, -0.1) is 0 Å². The summed E-state index contributed by atoms with van der Waals surface area (Å²) in [7, 11) is 0. The number of aliphatic hydroxyl groups is 1. The van der Waals surface area contributed by atoms with E-state index in [1.165, 1.54) is 11.1 Å². The minimum Gasteiger partial charge on any atom is -0.454 e. The fourth-order valence-electron chi connectivity index (χ4n) is 2.81. The zero-order chi connectivity index (χ0) is 16.2. The maximum Gasteiger partial charge on any atom is 0.231 e. The van der Waals surface area contributed by atoms with Gasteiger partial charge in [0.1, 0.15) is 0 Å². The maximum atomic E-state index is 9.79. The molecule has 122 valence electrons. The van der Waals surface area contributed by atoms with Crippen LogP contribution in [0.15, 0.2) is 42.5 Å². The second-order valence-corrected chi connectivity index (χ2v) is 6.19. The minimum atomic E-state index is -0.366. The monoisotopic (exact) mass is 313 g/mol. The van der Waals surface area contributed by atoms with Gasteiger partial charge in [0.15, 0.2) is 11.5 Å². The average Bonchev–Trinajstić information content (AvgIpc) is 2.96. The van der Waals surface area contributed by atoms with E-state index in [1.807, 2.05) is 19.1 Å². The van der Waals surface area contributed by atoms with Gasteiger partial charge in [-0.05, 0) is 37.1 Å². The molecule has 23 heavy (non-hydrogen) atoms. The first kappa shape index (κ1) is 15.8. The van der Waals surface area contributed by atoms with Crippen LogP contribution in [0.25, 0.3) is 0 Å². The number of hydrogen-bond donors (Lipinski definition) is 1. The third-order valence-electron chi connectivity index (χ3n) is 3.89. The Morgan fingerprint density at radius 1 is 1.00 bits per heavy atom. The predicted molar refractivity (Wildman–Crippen MR) is 89.5 cm³/mol. The van der Waals surface area contributed by atoms with Crippen molar-refractivity contribution in [2.24, 2.45) is 0 Å². The van der Waals surface area contributed by atoms with Gasteiger partial charge in [0.25, 0.3) is 0 Å². The second-order valence-electron chi connectivity index (χ2n) is 6.19. The largest absolute Gasteiger partial charge is 0.454 e. The number of fused-ring (bicyclic) bond motifs is 1. The first-order valence-electron chi connectivity index (χ1n) is 7.94. The molecule has 4 nitrogen and oxygen atoms in total. The Bertz CT molecular complexity index is 652. The lowest BCUT2D eigenvalue weighted by atomic mass is 10.1. The summed E-state index contributed by atoms with van der Waals surface area (Å²) in [4.78, 5) is 2.24. The van der Waals surface area contributed by atoms with Crippen LogP contribution in [-0.2, 0) is 13.1 Å². The van der Waals surface area contributed by atoms with E-state index in [0.717, 1.165) is 30.2 Å². The molecular weight excluding hydrogens is 290 g/mol. The molecule has 2 aromatic rings. The molecule has 3 rings (SSSR count). The summed E-state index contributed by atoms with van der Waals surface area (Å²) in [6, 6.07) is 14.6. The first-order chi connectivity index (χ1) is 11.1. The third kappa shape index (κ3) is 4.24. The Hall–Kier alpha value is -2.04. The Morgan fingerprint density at radius 3 is 2.39 bits per heavy atom. The van der Waals surface area contributed by atoms with Gasteiger partial charge in [-0.2, -0.15) is 0 Å². The summed E-state index contributed by atoms with van der Waals surface area (Å²) in [6.07, 6.45) is -0.366. The molecule has 2 aromatic carbocycles. The van der Waals surface area contributed by atoms with E-state index >= 15 is 0 Å². The molecule has 0 aromatic heterocycles. The summed E-state index contributed by atoms with van der Waals surface area (Å²) in [5, 5.41) is 9.79. The Morgan fingerprint density at radius 2 is 1.65 bits per heavy atom. The van der Waals surface area contributed by atoms with Crippen LogP contribution >= 0.6 is 0 Å². The van der Waals surface area contributed by atoms with Gasteiger partial charge in [-0.1, -0.05) is 35.9 Å². The van der Waals surface area contributed by atoms with Crippen molar-refractivity contribution in [2.75, 3.05) is 13.3 Å². The first-order valence-corrected chi connectivity index (χ1v) is 7.94. The summed E-state index contributed by atoms with van der Waals surface area (Å²) in [6.45, 7) is 6.39. The molecule has 0 saturated heterocycles. The molecule has 1 unspecified atom stereocenters. The number of aryl methyl sites for hydroxylation is 1. The van der Waals surface area contributed by atoms with Crippen LogP contribution in [0, 0.1) is 6.92 Å². The number of nitrogens with zero attached hydrogens (tertiary/aromatic N) is 1. The molecule has 0 saturated carbocycles. The normalized spacial score (nSPS) is 14.3. The van der Waals surface area contributed by atoms with Crippen molar-refractivity contribution < 1.29 is 14.6 Å². The molecule has 1 heterocycles. The van der Waals surface area contributed by atoms with Crippen LogP contribution < -0.4 is 9.47 Å². The number of rotatable bonds is 6. The van der Waals surface area contributed by atoms with E-state index in [2.05, 4.69) is 42.2 Å². The molecule has 1 atom stereocenters. The molecule has 1 aliphatic heterocycles. The van der Waals surface area contributed by atoms with Crippen molar-refractivity contribution in [3.63, 3.8) is 0 Å². The van der Waals surface area contributed by atoms with Gasteiger partial charge in [0.2, 0.25) is 6.79 Å². The van der Waals surface area contributed by atoms with Crippen LogP contribution in [0.5, 0.6) is 11.5 Å². The Balaban J connectivity index is 1.72. The lowest BCUT2D eigenvalue weighted by Crippen LogP contribution is -2.30. The van der Waals surface area contributed by atoms with E-state index < -0.39 is 0 Å². The van der Waals surface area contributed by atoms with Gasteiger partial charge in [0, 0.05) is 19.6 Å². The van der Waals surface area contributed by atoms with Crippen LogP contribution in [0.2, 0.25) is 0 Å². The van der Waals surface area contributed by atoms with Gasteiger partial charge < -0.3 is 14.6 Å². The summed E-state index contributed by atoms with van der Waals surface area (Å²) in [5.74, 6) is 1.60. The number of aliphatic hydroxyl groups excluding tert-OH is 1. The van der Waals surface area contributed by atoms with Gasteiger partial charge >= 0.3 is 0 Å². The van der Waals surface area contributed by atoms with Crippen molar-refractivity contribution in [1.82, 2.24) is 4.90 Å². The van der Waals surface area contributed by atoms with E-state index in [0.29, 0.717) is 13.3 Å². The SMILES string of the molecule is Cc1ccc(CN(Cc2ccc3c(c2)OCO3)CC(C)O)cc1. The number of ether oxygens (including phenoxy) is 2. The Labute approximate surface area is 137 Å².